The lowest BCUT2D eigenvalue weighted by molar-refractivity contribution is -0.136. The van der Waals surface area contributed by atoms with E-state index in [1.807, 2.05) is 49.4 Å². The number of hydrogen-bond acceptors (Lipinski definition) is 6. The number of ether oxygens (including phenoxy) is 2. The van der Waals surface area contributed by atoms with E-state index >= 15 is 0 Å². The number of aliphatic carboxylic acids is 1. The van der Waals surface area contributed by atoms with Gasteiger partial charge >= 0.3 is 12.1 Å². The normalized spacial score (nSPS) is 15.3. The quantitative estimate of drug-likeness (QED) is 0.386. The van der Waals surface area contributed by atoms with Crippen molar-refractivity contribution >= 4 is 12.1 Å². The minimum absolute atomic E-state index is 0.00689. The molecule has 2 heterocycles. The molecule has 2 aliphatic rings. The standard InChI is InChI=1S/C30H34N2O6/c1-20-26(31-29(37-20)22-7-3-2-4-8-22)16-18-36-27-13-11-21(12-14-28(33)34)25-19-32(17-15-24(25)27)30(35)38-23-9-5-6-10-23/h2-4,7-8,11,13,23H,5-6,9-10,12,14-19H2,1H3,(H,33,34). The minimum atomic E-state index is -0.842. The number of amides is 1. The van der Waals surface area contributed by atoms with Crippen LogP contribution in [0.25, 0.3) is 11.5 Å². The maximum atomic E-state index is 12.9. The summed E-state index contributed by atoms with van der Waals surface area (Å²) < 4.78 is 17.8. The SMILES string of the molecule is Cc1oc(-c2ccccc2)nc1CCOc1ccc(CCC(=O)O)c2c1CCN(C(=O)OC1CCCC1)C2. The number of benzene rings is 2. The summed E-state index contributed by atoms with van der Waals surface area (Å²) in [5.74, 6) is 1.30. The molecule has 5 rings (SSSR count). The van der Waals surface area contributed by atoms with Crippen LogP contribution in [0.5, 0.6) is 5.75 Å². The maximum absolute atomic E-state index is 12.9. The highest BCUT2D eigenvalue weighted by molar-refractivity contribution is 5.69. The molecule has 1 amide bonds. The molecular weight excluding hydrogens is 484 g/mol. The minimum Gasteiger partial charge on any atom is -0.493 e. The van der Waals surface area contributed by atoms with Crippen molar-refractivity contribution in [2.24, 2.45) is 0 Å². The van der Waals surface area contributed by atoms with Crippen molar-refractivity contribution in [2.75, 3.05) is 13.2 Å². The van der Waals surface area contributed by atoms with Gasteiger partial charge in [-0.1, -0.05) is 24.3 Å². The number of carboxylic acid groups (broad SMARTS) is 1. The van der Waals surface area contributed by atoms with Gasteiger partial charge in [-0.25, -0.2) is 9.78 Å². The second-order valence-electron chi connectivity index (χ2n) is 10.0. The van der Waals surface area contributed by atoms with Crippen molar-refractivity contribution in [3.05, 3.63) is 70.6 Å². The van der Waals surface area contributed by atoms with Gasteiger partial charge in [-0.3, -0.25) is 4.79 Å². The Balaban J connectivity index is 1.28. The zero-order valence-corrected chi connectivity index (χ0v) is 21.8. The van der Waals surface area contributed by atoms with Crippen molar-refractivity contribution in [2.45, 2.75) is 70.9 Å². The number of hydrogen-bond donors (Lipinski definition) is 1. The third-order valence-electron chi connectivity index (χ3n) is 7.41. The molecule has 1 aliphatic heterocycles. The Kier molecular flexibility index (Phi) is 7.96. The molecule has 8 heteroatoms. The van der Waals surface area contributed by atoms with Gasteiger partial charge in [0, 0.05) is 37.1 Å². The highest BCUT2D eigenvalue weighted by atomic mass is 16.6. The number of rotatable bonds is 9. The van der Waals surface area contributed by atoms with Gasteiger partial charge < -0.3 is 23.9 Å². The van der Waals surface area contributed by atoms with E-state index in [1.165, 1.54) is 0 Å². The number of oxazole rings is 1. The smallest absolute Gasteiger partial charge is 0.410 e. The lowest BCUT2D eigenvalue weighted by Crippen LogP contribution is -2.38. The lowest BCUT2D eigenvalue weighted by atomic mass is 9.92. The number of carbonyl (C=O) groups is 2. The van der Waals surface area contributed by atoms with Gasteiger partial charge in [0.05, 0.1) is 12.3 Å². The second kappa shape index (κ2) is 11.7. The average molecular weight is 519 g/mol. The Bertz CT molecular complexity index is 1280. The molecule has 1 aromatic heterocycles. The van der Waals surface area contributed by atoms with E-state index in [0.717, 1.165) is 65.1 Å². The van der Waals surface area contributed by atoms with Gasteiger partial charge in [0.15, 0.2) is 0 Å². The summed E-state index contributed by atoms with van der Waals surface area (Å²) in [7, 11) is 0. The highest BCUT2D eigenvalue weighted by Gasteiger charge is 2.29. The zero-order valence-electron chi connectivity index (χ0n) is 21.8. The van der Waals surface area contributed by atoms with E-state index in [2.05, 4.69) is 4.98 Å². The van der Waals surface area contributed by atoms with Crippen LogP contribution in [0, 0.1) is 6.92 Å². The molecule has 1 fully saturated rings. The first-order valence-electron chi connectivity index (χ1n) is 13.4. The molecule has 0 radical (unpaired) electrons. The van der Waals surface area contributed by atoms with Gasteiger partial charge in [0.25, 0.3) is 0 Å². The Morgan fingerprint density at radius 1 is 1.08 bits per heavy atom. The van der Waals surface area contributed by atoms with Gasteiger partial charge in [-0.2, -0.15) is 0 Å². The number of carboxylic acids is 1. The molecule has 1 N–H and O–H groups in total. The first kappa shape index (κ1) is 25.8. The highest BCUT2D eigenvalue weighted by Crippen LogP contribution is 2.33. The van der Waals surface area contributed by atoms with E-state index in [9.17, 15) is 14.7 Å². The van der Waals surface area contributed by atoms with Gasteiger partial charge in [0.2, 0.25) is 5.89 Å². The van der Waals surface area contributed by atoms with E-state index in [-0.39, 0.29) is 18.6 Å². The fourth-order valence-corrected chi connectivity index (χ4v) is 5.32. The Morgan fingerprint density at radius 3 is 2.63 bits per heavy atom. The van der Waals surface area contributed by atoms with Crippen molar-refractivity contribution in [3.63, 3.8) is 0 Å². The van der Waals surface area contributed by atoms with Gasteiger partial charge in [-0.05, 0) is 74.8 Å². The summed E-state index contributed by atoms with van der Waals surface area (Å²) in [6.45, 7) is 3.28. The number of carbonyl (C=O) groups excluding carboxylic acids is 1. The molecule has 3 aromatic rings. The molecule has 8 nitrogen and oxygen atoms in total. The van der Waals surface area contributed by atoms with Crippen LogP contribution < -0.4 is 4.74 Å². The predicted molar refractivity (Wildman–Crippen MR) is 141 cm³/mol. The number of aryl methyl sites for hydroxylation is 2. The van der Waals surface area contributed by atoms with Crippen LogP contribution >= 0.6 is 0 Å². The largest absolute Gasteiger partial charge is 0.493 e. The third-order valence-corrected chi connectivity index (χ3v) is 7.41. The molecule has 1 aliphatic carbocycles. The Morgan fingerprint density at radius 2 is 1.87 bits per heavy atom. The molecular formula is C30H34N2O6. The molecule has 0 spiro atoms. The summed E-state index contributed by atoms with van der Waals surface area (Å²) in [4.78, 5) is 30.5. The summed E-state index contributed by atoms with van der Waals surface area (Å²) in [6.07, 6.45) is 5.44. The van der Waals surface area contributed by atoms with Crippen molar-refractivity contribution < 1.29 is 28.6 Å². The topological polar surface area (TPSA) is 102 Å². The monoisotopic (exact) mass is 518 g/mol. The van der Waals surface area contributed by atoms with Crippen LogP contribution in [0.4, 0.5) is 4.79 Å². The predicted octanol–water partition coefficient (Wildman–Crippen LogP) is 5.73. The van der Waals surface area contributed by atoms with Crippen LogP contribution in [0.15, 0.2) is 46.9 Å². The maximum Gasteiger partial charge on any atom is 0.410 e. The molecule has 0 bridgehead atoms. The number of aromatic nitrogens is 1. The Labute approximate surface area is 222 Å². The summed E-state index contributed by atoms with van der Waals surface area (Å²) in [5, 5.41) is 9.23. The molecule has 0 atom stereocenters. The molecule has 1 saturated carbocycles. The molecule has 0 unspecified atom stereocenters. The van der Waals surface area contributed by atoms with E-state index < -0.39 is 5.97 Å². The average Bonchev–Trinajstić information content (AvgIpc) is 3.57. The van der Waals surface area contributed by atoms with E-state index in [4.69, 9.17) is 13.9 Å². The van der Waals surface area contributed by atoms with Crippen LogP contribution in [0.2, 0.25) is 0 Å². The van der Waals surface area contributed by atoms with Crippen LogP contribution in [0.1, 0.15) is 60.2 Å². The summed E-state index contributed by atoms with van der Waals surface area (Å²) in [6, 6.07) is 13.7. The van der Waals surface area contributed by atoms with Crippen molar-refractivity contribution in [3.8, 4) is 17.2 Å². The molecule has 2 aromatic carbocycles. The first-order valence-corrected chi connectivity index (χ1v) is 13.4. The molecule has 38 heavy (non-hydrogen) atoms. The van der Waals surface area contributed by atoms with Gasteiger partial charge in [-0.15, -0.1) is 0 Å². The van der Waals surface area contributed by atoms with Crippen molar-refractivity contribution in [1.29, 1.82) is 0 Å². The van der Waals surface area contributed by atoms with Crippen LogP contribution in [0.3, 0.4) is 0 Å². The Hall–Kier alpha value is -3.81. The second-order valence-corrected chi connectivity index (χ2v) is 10.0. The summed E-state index contributed by atoms with van der Waals surface area (Å²) >= 11 is 0. The fourth-order valence-electron chi connectivity index (χ4n) is 5.32. The molecule has 200 valence electrons. The van der Waals surface area contributed by atoms with E-state index in [0.29, 0.717) is 44.8 Å². The number of nitrogens with zero attached hydrogens (tertiary/aromatic N) is 2. The zero-order chi connectivity index (χ0) is 26.5. The van der Waals surface area contributed by atoms with Crippen molar-refractivity contribution in [1.82, 2.24) is 9.88 Å². The summed E-state index contributed by atoms with van der Waals surface area (Å²) in [5.41, 5.74) is 4.75. The number of fused-ring (bicyclic) bond motifs is 1. The van der Waals surface area contributed by atoms with E-state index in [1.54, 1.807) is 4.90 Å². The third kappa shape index (κ3) is 6.01. The van der Waals surface area contributed by atoms with Crippen LogP contribution in [-0.2, 0) is 35.3 Å². The van der Waals surface area contributed by atoms with Gasteiger partial charge in [0.1, 0.15) is 17.6 Å². The fraction of sp³-hybridized carbons (Fsp3) is 0.433. The molecule has 0 saturated heterocycles. The lowest BCUT2D eigenvalue weighted by Gasteiger charge is -2.31. The van der Waals surface area contributed by atoms with Crippen LogP contribution in [-0.4, -0.2) is 46.3 Å². The first-order chi connectivity index (χ1) is 18.5.